The predicted molar refractivity (Wildman–Crippen MR) is 127 cm³/mol. The first-order valence-electron chi connectivity index (χ1n) is 11.3. The molecule has 0 spiro atoms. The summed E-state index contributed by atoms with van der Waals surface area (Å²) < 4.78 is 2.34. The first kappa shape index (κ1) is 21.0. The van der Waals surface area contributed by atoms with Crippen LogP contribution in [-0.4, -0.2) is 20.3 Å². The van der Waals surface area contributed by atoms with Crippen molar-refractivity contribution in [3.05, 3.63) is 66.0 Å². The minimum atomic E-state index is 0.224. The van der Waals surface area contributed by atoms with E-state index in [-0.39, 0.29) is 5.78 Å². The van der Waals surface area contributed by atoms with Gasteiger partial charge in [-0.3, -0.25) is 4.79 Å². The van der Waals surface area contributed by atoms with Gasteiger partial charge in [-0.15, -0.1) is 0 Å². The number of carbonyl (C=O) groups excluding carboxylic acids is 1. The molecule has 0 radical (unpaired) electrons. The summed E-state index contributed by atoms with van der Waals surface area (Å²) in [5.41, 5.74) is 9.89. The maximum atomic E-state index is 12.3. The number of fused-ring (bicyclic) bond motifs is 3. The Bertz CT molecular complexity index is 1180. The van der Waals surface area contributed by atoms with E-state index in [1.54, 1.807) is 0 Å². The van der Waals surface area contributed by atoms with Crippen molar-refractivity contribution in [2.24, 2.45) is 0 Å². The SMILES string of the molecule is CCCCc1nc2c(N)nc3ccccc3c2n1CCCCCC(=O)c1ccccc1. The molecule has 4 rings (SSSR count). The highest BCUT2D eigenvalue weighted by Gasteiger charge is 2.16. The average molecular weight is 415 g/mol. The molecule has 160 valence electrons. The second kappa shape index (κ2) is 9.73. The molecule has 2 aromatic heterocycles. The largest absolute Gasteiger partial charge is 0.382 e. The summed E-state index contributed by atoms with van der Waals surface area (Å²) in [7, 11) is 0. The number of hydrogen-bond acceptors (Lipinski definition) is 4. The number of aryl methyl sites for hydroxylation is 2. The van der Waals surface area contributed by atoms with Gasteiger partial charge in [0.1, 0.15) is 11.3 Å². The third-order valence-corrected chi connectivity index (χ3v) is 5.82. The van der Waals surface area contributed by atoms with E-state index >= 15 is 0 Å². The van der Waals surface area contributed by atoms with Crippen LogP contribution in [0, 0.1) is 0 Å². The van der Waals surface area contributed by atoms with E-state index < -0.39 is 0 Å². The van der Waals surface area contributed by atoms with Crippen LogP contribution < -0.4 is 5.73 Å². The van der Waals surface area contributed by atoms with E-state index in [1.165, 1.54) is 0 Å². The van der Waals surface area contributed by atoms with Crippen LogP contribution >= 0.6 is 0 Å². The van der Waals surface area contributed by atoms with Gasteiger partial charge in [0.2, 0.25) is 0 Å². The molecular weight excluding hydrogens is 384 g/mol. The summed E-state index contributed by atoms with van der Waals surface area (Å²) in [4.78, 5) is 21.8. The van der Waals surface area contributed by atoms with Crippen LogP contribution in [0.3, 0.4) is 0 Å². The number of anilines is 1. The van der Waals surface area contributed by atoms with Gasteiger partial charge in [-0.05, 0) is 25.3 Å². The number of benzene rings is 2. The molecule has 0 saturated heterocycles. The van der Waals surface area contributed by atoms with E-state index in [2.05, 4.69) is 22.5 Å². The minimum Gasteiger partial charge on any atom is -0.382 e. The number of nitrogens with zero attached hydrogens (tertiary/aromatic N) is 3. The van der Waals surface area contributed by atoms with Crippen molar-refractivity contribution in [1.82, 2.24) is 14.5 Å². The van der Waals surface area contributed by atoms with Crippen molar-refractivity contribution in [2.45, 2.75) is 58.4 Å². The number of nitrogen functional groups attached to an aromatic ring is 1. The maximum absolute atomic E-state index is 12.3. The maximum Gasteiger partial charge on any atom is 0.162 e. The number of rotatable bonds is 10. The third kappa shape index (κ3) is 4.61. The van der Waals surface area contributed by atoms with Crippen LogP contribution in [0.1, 0.15) is 61.6 Å². The summed E-state index contributed by atoms with van der Waals surface area (Å²) >= 11 is 0. The molecule has 0 amide bonds. The van der Waals surface area contributed by atoms with E-state index in [0.717, 1.165) is 78.4 Å². The summed E-state index contributed by atoms with van der Waals surface area (Å²) in [5.74, 6) is 1.81. The van der Waals surface area contributed by atoms with Gasteiger partial charge in [0.25, 0.3) is 0 Å². The van der Waals surface area contributed by atoms with Crippen LogP contribution in [0.25, 0.3) is 21.9 Å². The normalized spacial score (nSPS) is 11.4. The van der Waals surface area contributed by atoms with Gasteiger partial charge < -0.3 is 10.3 Å². The van der Waals surface area contributed by atoms with Crippen LogP contribution in [0.5, 0.6) is 0 Å². The Hall–Kier alpha value is -3.21. The van der Waals surface area contributed by atoms with Gasteiger partial charge in [-0.1, -0.05) is 68.3 Å². The zero-order valence-electron chi connectivity index (χ0n) is 18.2. The number of para-hydroxylation sites is 1. The number of aromatic nitrogens is 3. The average Bonchev–Trinajstić information content (AvgIpc) is 3.17. The molecule has 0 unspecified atom stereocenters. The Morgan fingerprint density at radius 3 is 2.52 bits per heavy atom. The Kier molecular flexibility index (Phi) is 6.60. The number of nitrogens with two attached hydrogens (primary N) is 1. The van der Waals surface area contributed by atoms with E-state index in [9.17, 15) is 4.79 Å². The quantitative estimate of drug-likeness (QED) is 0.257. The van der Waals surface area contributed by atoms with Crippen molar-refractivity contribution in [3.63, 3.8) is 0 Å². The lowest BCUT2D eigenvalue weighted by Crippen LogP contribution is -2.05. The zero-order valence-corrected chi connectivity index (χ0v) is 18.2. The summed E-state index contributed by atoms with van der Waals surface area (Å²) in [6.07, 6.45) is 6.66. The molecule has 0 atom stereocenters. The summed E-state index contributed by atoms with van der Waals surface area (Å²) in [5, 5.41) is 1.10. The van der Waals surface area contributed by atoms with E-state index in [0.29, 0.717) is 12.2 Å². The van der Waals surface area contributed by atoms with Crippen molar-refractivity contribution in [1.29, 1.82) is 0 Å². The monoisotopic (exact) mass is 414 g/mol. The molecule has 2 heterocycles. The van der Waals surface area contributed by atoms with Gasteiger partial charge in [0.05, 0.1) is 11.0 Å². The van der Waals surface area contributed by atoms with Gasteiger partial charge in [0, 0.05) is 30.3 Å². The van der Waals surface area contributed by atoms with E-state index in [1.807, 2.05) is 48.5 Å². The number of unbranched alkanes of at least 4 members (excludes halogenated alkanes) is 3. The number of ketones is 1. The highest BCUT2D eigenvalue weighted by molar-refractivity contribution is 6.06. The minimum absolute atomic E-state index is 0.224. The molecule has 5 nitrogen and oxygen atoms in total. The number of carbonyl (C=O) groups is 1. The molecule has 5 heteroatoms. The molecule has 0 aliphatic heterocycles. The molecule has 2 N–H and O–H groups in total. The Morgan fingerprint density at radius 2 is 1.71 bits per heavy atom. The first-order valence-corrected chi connectivity index (χ1v) is 11.3. The van der Waals surface area contributed by atoms with Crippen LogP contribution in [0.15, 0.2) is 54.6 Å². The van der Waals surface area contributed by atoms with Gasteiger partial charge in [0.15, 0.2) is 11.6 Å². The van der Waals surface area contributed by atoms with E-state index in [4.69, 9.17) is 10.7 Å². The number of pyridine rings is 1. The van der Waals surface area contributed by atoms with Crippen molar-refractivity contribution in [2.75, 3.05) is 5.73 Å². The van der Waals surface area contributed by atoms with Crippen molar-refractivity contribution in [3.8, 4) is 0 Å². The number of hydrogen-bond donors (Lipinski definition) is 1. The second-order valence-corrected chi connectivity index (χ2v) is 8.09. The fourth-order valence-corrected chi connectivity index (χ4v) is 4.17. The molecule has 0 fully saturated rings. The fraction of sp³-hybridized carbons (Fsp3) is 0.346. The first-order chi connectivity index (χ1) is 15.2. The van der Waals surface area contributed by atoms with Gasteiger partial charge in [-0.2, -0.15) is 0 Å². The van der Waals surface area contributed by atoms with Gasteiger partial charge >= 0.3 is 0 Å². The molecule has 4 aromatic rings. The molecule has 0 aliphatic rings. The smallest absolute Gasteiger partial charge is 0.162 e. The molecule has 0 bridgehead atoms. The van der Waals surface area contributed by atoms with Crippen molar-refractivity contribution >= 4 is 33.5 Å². The topological polar surface area (TPSA) is 73.8 Å². The lowest BCUT2D eigenvalue weighted by Gasteiger charge is -2.11. The second-order valence-electron chi connectivity index (χ2n) is 8.09. The molecule has 2 aromatic carbocycles. The van der Waals surface area contributed by atoms with Crippen molar-refractivity contribution < 1.29 is 4.79 Å². The predicted octanol–water partition coefficient (Wildman–Crippen LogP) is 5.95. The van der Waals surface area contributed by atoms with Crippen LogP contribution in [-0.2, 0) is 13.0 Å². The zero-order chi connectivity index (χ0) is 21.6. The Morgan fingerprint density at radius 1 is 0.935 bits per heavy atom. The molecule has 0 aliphatic carbocycles. The Labute approximate surface area is 183 Å². The molecule has 0 saturated carbocycles. The lowest BCUT2D eigenvalue weighted by atomic mass is 10.0. The highest BCUT2D eigenvalue weighted by atomic mass is 16.1. The molecule has 31 heavy (non-hydrogen) atoms. The van der Waals surface area contributed by atoms with Gasteiger partial charge in [-0.25, -0.2) is 9.97 Å². The number of Topliss-reactive ketones (excluding diaryl/α,β-unsaturated/α-hetero) is 1. The third-order valence-electron chi connectivity index (χ3n) is 5.82. The summed E-state index contributed by atoms with van der Waals surface area (Å²) in [6.45, 7) is 3.07. The van der Waals surface area contributed by atoms with Crippen LogP contribution in [0.4, 0.5) is 5.82 Å². The number of imidazole rings is 1. The lowest BCUT2D eigenvalue weighted by molar-refractivity contribution is 0.0979. The standard InChI is InChI=1S/C26H30N4O/c1-2-3-17-23-29-24-25(20-14-9-10-15-21(20)28-26(24)27)30(23)18-11-5-8-16-22(31)19-12-6-4-7-13-19/h4,6-7,9-10,12-15H,2-3,5,8,11,16-18H2,1H3,(H2,27,28). The fourth-order valence-electron chi connectivity index (χ4n) is 4.17. The summed E-state index contributed by atoms with van der Waals surface area (Å²) in [6, 6.07) is 17.7. The van der Waals surface area contributed by atoms with Crippen LogP contribution in [0.2, 0.25) is 0 Å². The molecular formula is C26H30N4O. The Balaban J connectivity index is 1.51. The highest BCUT2D eigenvalue weighted by Crippen LogP contribution is 2.29.